The van der Waals surface area contributed by atoms with Crippen molar-refractivity contribution in [1.29, 1.82) is 0 Å². The third-order valence-electron chi connectivity index (χ3n) is 3.37. The van der Waals surface area contributed by atoms with Crippen molar-refractivity contribution in [1.82, 2.24) is 0 Å². The normalized spacial score (nSPS) is 16.2. The predicted octanol–water partition coefficient (Wildman–Crippen LogP) is 3.67. The highest BCUT2D eigenvalue weighted by molar-refractivity contribution is 5.46. The van der Waals surface area contributed by atoms with E-state index in [1.807, 2.05) is 6.92 Å². The zero-order valence-electron chi connectivity index (χ0n) is 10.8. The second-order valence-electron chi connectivity index (χ2n) is 4.96. The molecule has 1 aromatic rings. The van der Waals surface area contributed by atoms with E-state index in [1.165, 1.54) is 29.5 Å². The fraction of sp³-hybridized carbons (Fsp3) is 0.500. The summed E-state index contributed by atoms with van der Waals surface area (Å²) in [5.74, 6) is 7.52. The Hall–Kier alpha value is -1.26. The van der Waals surface area contributed by atoms with Crippen LogP contribution in [0.15, 0.2) is 18.2 Å². The van der Waals surface area contributed by atoms with E-state index in [0.29, 0.717) is 0 Å². The maximum Gasteiger partial charge on any atom is 0.0280 e. The van der Waals surface area contributed by atoms with Crippen LogP contribution in [-0.2, 0) is 6.42 Å². The topological polar surface area (TPSA) is 26.0 Å². The summed E-state index contributed by atoms with van der Waals surface area (Å²) < 4.78 is 0. The molecular formula is C16H23N. The predicted molar refractivity (Wildman–Crippen MR) is 74.8 cm³/mol. The Bertz CT molecular complexity index is 450. The van der Waals surface area contributed by atoms with Gasteiger partial charge in [-0.05, 0) is 49.3 Å². The van der Waals surface area contributed by atoms with E-state index < -0.39 is 0 Å². The molecule has 1 fully saturated rings. The maximum absolute atomic E-state index is 6.00. The highest BCUT2D eigenvalue weighted by Gasteiger charge is 2.19. The lowest BCUT2D eigenvalue weighted by atomic mass is 9.95. The Balaban J connectivity index is 0.00000162. The van der Waals surface area contributed by atoms with Gasteiger partial charge in [0.2, 0.25) is 0 Å². The Labute approximate surface area is 106 Å². The molecule has 0 radical (unpaired) electrons. The van der Waals surface area contributed by atoms with Crippen LogP contribution in [0.5, 0.6) is 0 Å². The van der Waals surface area contributed by atoms with E-state index in [9.17, 15) is 0 Å². The first-order valence-corrected chi connectivity index (χ1v) is 6.58. The highest BCUT2D eigenvalue weighted by atomic mass is 14.6. The minimum absolute atomic E-state index is 0. The molecule has 1 saturated carbocycles. The van der Waals surface area contributed by atoms with Gasteiger partial charge < -0.3 is 5.73 Å². The lowest BCUT2D eigenvalue weighted by molar-refractivity contribution is 0.800. The van der Waals surface area contributed by atoms with E-state index in [4.69, 9.17) is 5.73 Å². The molecule has 1 atom stereocenters. The molecule has 1 nitrogen and oxygen atoms in total. The first kappa shape index (κ1) is 12.2. The van der Waals surface area contributed by atoms with Crippen molar-refractivity contribution in [2.24, 2.45) is 11.7 Å². The highest BCUT2D eigenvalue weighted by Crippen LogP contribution is 2.31. The quantitative estimate of drug-likeness (QED) is 0.786. The van der Waals surface area contributed by atoms with Crippen molar-refractivity contribution in [3.05, 3.63) is 34.9 Å². The van der Waals surface area contributed by atoms with Crippen LogP contribution >= 0.6 is 0 Å². The Morgan fingerprint density at radius 3 is 2.82 bits per heavy atom. The molecule has 0 heterocycles. The van der Waals surface area contributed by atoms with E-state index in [2.05, 4.69) is 37.0 Å². The van der Waals surface area contributed by atoms with Gasteiger partial charge in [0.05, 0.1) is 0 Å². The molecule has 92 valence electrons. The number of nitrogens with two attached hydrogens (primary N) is 1. The summed E-state index contributed by atoms with van der Waals surface area (Å²) in [6.45, 7) is 4.21. The Morgan fingerprint density at radius 2 is 2.24 bits per heavy atom. The number of rotatable bonds is 3. The Kier molecular flexibility index (Phi) is 3.86. The summed E-state index contributed by atoms with van der Waals surface area (Å²) in [5.41, 5.74) is 9.73. The summed E-state index contributed by atoms with van der Waals surface area (Å²) in [4.78, 5) is 0. The number of hydrogen-bond donors (Lipinski definition) is 1. The van der Waals surface area contributed by atoms with Crippen LogP contribution in [0, 0.1) is 17.8 Å². The van der Waals surface area contributed by atoms with Crippen LogP contribution in [-0.4, -0.2) is 0 Å². The summed E-state index contributed by atoms with van der Waals surface area (Å²) in [5, 5.41) is 0. The number of hydrogen-bond acceptors (Lipinski definition) is 1. The van der Waals surface area contributed by atoms with Crippen LogP contribution in [0.4, 0.5) is 0 Å². The molecule has 0 aromatic heterocycles. The van der Waals surface area contributed by atoms with Gasteiger partial charge in [-0.2, -0.15) is 0 Å². The lowest BCUT2D eigenvalue weighted by Crippen LogP contribution is -2.09. The van der Waals surface area contributed by atoms with Crippen LogP contribution in [0.25, 0.3) is 0 Å². The van der Waals surface area contributed by atoms with Gasteiger partial charge >= 0.3 is 0 Å². The van der Waals surface area contributed by atoms with Gasteiger partial charge in [-0.3, -0.25) is 0 Å². The van der Waals surface area contributed by atoms with Gasteiger partial charge in [0.1, 0.15) is 0 Å². The SMILES string of the molecule is CCc1c(C#CCC2CC2)cccc1[C@H](C)N.[HH]. The van der Waals surface area contributed by atoms with E-state index in [1.54, 1.807) is 0 Å². The molecule has 1 heteroatoms. The first-order chi connectivity index (χ1) is 8.22. The van der Waals surface area contributed by atoms with Crippen LogP contribution < -0.4 is 5.73 Å². The standard InChI is InChI=1S/C16H21N.H2/c1-3-15-14(7-4-6-13-10-11-13)8-5-9-16(15)12(2)17;/h5,8-9,12-13H,3,6,10-11,17H2,1-2H3;1H/t12-;/m0./s1. The molecule has 0 spiro atoms. The van der Waals surface area contributed by atoms with Crippen molar-refractivity contribution in [2.75, 3.05) is 0 Å². The average molecular weight is 229 g/mol. The van der Waals surface area contributed by atoms with E-state index in [-0.39, 0.29) is 7.47 Å². The van der Waals surface area contributed by atoms with Crippen molar-refractivity contribution < 1.29 is 1.43 Å². The molecule has 0 saturated heterocycles. The average Bonchev–Trinajstić information content (AvgIpc) is 3.12. The fourth-order valence-electron chi connectivity index (χ4n) is 2.16. The molecule has 1 aromatic carbocycles. The molecule has 0 amide bonds. The summed E-state index contributed by atoms with van der Waals surface area (Å²) >= 11 is 0. The van der Waals surface area contributed by atoms with E-state index >= 15 is 0 Å². The second-order valence-corrected chi connectivity index (χ2v) is 4.96. The summed E-state index contributed by atoms with van der Waals surface area (Å²) in [6, 6.07) is 6.40. The lowest BCUT2D eigenvalue weighted by Gasteiger charge is -2.13. The summed E-state index contributed by atoms with van der Waals surface area (Å²) in [6.07, 6.45) is 4.81. The molecule has 17 heavy (non-hydrogen) atoms. The molecule has 2 rings (SSSR count). The van der Waals surface area contributed by atoms with E-state index in [0.717, 1.165) is 18.8 Å². The molecular weight excluding hydrogens is 206 g/mol. The van der Waals surface area contributed by atoms with Gasteiger partial charge in [-0.25, -0.2) is 0 Å². The third-order valence-corrected chi connectivity index (χ3v) is 3.37. The van der Waals surface area contributed by atoms with Crippen molar-refractivity contribution >= 4 is 0 Å². The summed E-state index contributed by atoms with van der Waals surface area (Å²) in [7, 11) is 0. The third kappa shape index (κ3) is 3.11. The fourth-order valence-corrected chi connectivity index (χ4v) is 2.16. The minimum atomic E-state index is 0. The molecule has 1 aliphatic carbocycles. The number of benzene rings is 1. The van der Waals surface area contributed by atoms with Crippen LogP contribution in [0.3, 0.4) is 0 Å². The van der Waals surface area contributed by atoms with Gasteiger partial charge in [0.15, 0.2) is 0 Å². The van der Waals surface area contributed by atoms with Crippen molar-refractivity contribution in [2.45, 2.75) is 45.6 Å². The second kappa shape index (κ2) is 5.38. The molecule has 0 aliphatic heterocycles. The zero-order valence-corrected chi connectivity index (χ0v) is 10.8. The maximum atomic E-state index is 6.00. The molecule has 1 aliphatic rings. The molecule has 0 bridgehead atoms. The Morgan fingerprint density at radius 1 is 1.47 bits per heavy atom. The molecule has 2 N–H and O–H groups in total. The van der Waals surface area contributed by atoms with Crippen LogP contribution in [0.2, 0.25) is 0 Å². The minimum Gasteiger partial charge on any atom is -0.324 e. The molecule has 0 unspecified atom stereocenters. The zero-order chi connectivity index (χ0) is 12.3. The van der Waals surface area contributed by atoms with Gasteiger partial charge in [-0.15, -0.1) is 0 Å². The first-order valence-electron chi connectivity index (χ1n) is 6.58. The van der Waals surface area contributed by atoms with Gasteiger partial charge in [0.25, 0.3) is 0 Å². The van der Waals surface area contributed by atoms with Gasteiger partial charge in [0, 0.05) is 19.5 Å². The van der Waals surface area contributed by atoms with Crippen molar-refractivity contribution in [3.63, 3.8) is 0 Å². The van der Waals surface area contributed by atoms with Crippen LogP contribution in [0.1, 0.15) is 57.3 Å². The van der Waals surface area contributed by atoms with Crippen molar-refractivity contribution in [3.8, 4) is 11.8 Å². The van der Waals surface area contributed by atoms with Gasteiger partial charge in [-0.1, -0.05) is 30.9 Å². The largest absolute Gasteiger partial charge is 0.324 e. The smallest absolute Gasteiger partial charge is 0.0280 e. The monoisotopic (exact) mass is 229 g/mol.